The first-order valence-corrected chi connectivity index (χ1v) is 8.56. The molecule has 0 saturated carbocycles. The van der Waals surface area contributed by atoms with Crippen LogP contribution in [0.25, 0.3) is 16.4 Å². The van der Waals surface area contributed by atoms with Gasteiger partial charge in [-0.05, 0) is 53.7 Å². The maximum absolute atomic E-state index is 12.6. The number of hydrogen-bond donors (Lipinski definition) is 1. The minimum Gasteiger partial charge on any atom is -0.321 e. The molecule has 1 aromatic carbocycles. The molecule has 0 radical (unpaired) electrons. The molecule has 4 aromatic rings. The fourth-order valence-electron chi connectivity index (χ4n) is 2.37. The summed E-state index contributed by atoms with van der Waals surface area (Å²) >= 11 is 1.32. The van der Waals surface area contributed by atoms with E-state index in [1.807, 2.05) is 37.3 Å². The van der Waals surface area contributed by atoms with Gasteiger partial charge >= 0.3 is 0 Å². The number of nitrogens with one attached hydrogen (secondary N) is 1. The molecule has 26 heavy (non-hydrogen) atoms. The average Bonchev–Trinajstić information content (AvgIpc) is 3.33. The van der Waals surface area contributed by atoms with Gasteiger partial charge in [-0.1, -0.05) is 6.07 Å². The van der Waals surface area contributed by atoms with E-state index in [0.29, 0.717) is 16.3 Å². The van der Waals surface area contributed by atoms with Gasteiger partial charge in [-0.25, -0.2) is 9.67 Å². The van der Waals surface area contributed by atoms with Crippen LogP contribution < -0.4 is 5.32 Å². The van der Waals surface area contributed by atoms with Crippen molar-refractivity contribution in [2.24, 2.45) is 0 Å². The van der Waals surface area contributed by atoms with Crippen LogP contribution in [0.5, 0.6) is 0 Å². The van der Waals surface area contributed by atoms with E-state index >= 15 is 0 Å². The predicted octanol–water partition coefficient (Wildman–Crippen LogP) is 2.74. The van der Waals surface area contributed by atoms with Gasteiger partial charge in [0.05, 0.1) is 17.1 Å². The van der Waals surface area contributed by atoms with E-state index in [0.717, 1.165) is 16.4 Å². The number of anilines is 1. The van der Waals surface area contributed by atoms with Crippen LogP contribution in [0, 0.1) is 6.92 Å². The predicted molar refractivity (Wildman–Crippen MR) is 97.2 cm³/mol. The molecule has 1 N–H and O–H groups in total. The van der Waals surface area contributed by atoms with Crippen LogP contribution in [0.3, 0.4) is 0 Å². The van der Waals surface area contributed by atoms with Crippen molar-refractivity contribution in [1.82, 2.24) is 30.2 Å². The smallest absolute Gasteiger partial charge is 0.267 e. The van der Waals surface area contributed by atoms with E-state index in [4.69, 9.17) is 0 Å². The molecule has 0 fully saturated rings. The molecule has 3 heterocycles. The van der Waals surface area contributed by atoms with E-state index in [-0.39, 0.29) is 5.91 Å². The summed E-state index contributed by atoms with van der Waals surface area (Å²) in [4.78, 5) is 21.9. The highest BCUT2D eigenvalue weighted by atomic mass is 32.1. The molecule has 0 bridgehead atoms. The number of pyridine rings is 1. The highest BCUT2D eigenvalue weighted by molar-refractivity contribution is 7.17. The quantitative estimate of drug-likeness (QED) is 0.599. The number of carbonyl (C=O) groups excluding carboxylic acids is 1. The third-order valence-corrected chi connectivity index (χ3v) is 4.80. The number of thiazole rings is 1. The first-order valence-electron chi connectivity index (χ1n) is 7.74. The fraction of sp³-hybridized carbons (Fsp3) is 0.0588. The average molecular weight is 363 g/mol. The van der Waals surface area contributed by atoms with Gasteiger partial charge in [0.25, 0.3) is 5.91 Å². The van der Waals surface area contributed by atoms with Crippen molar-refractivity contribution in [3.63, 3.8) is 0 Å². The van der Waals surface area contributed by atoms with Crippen LogP contribution in [-0.2, 0) is 0 Å². The van der Waals surface area contributed by atoms with E-state index in [1.165, 1.54) is 22.3 Å². The molecule has 4 rings (SSSR count). The van der Waals surface area contributed by atoms with E-state index in [9.17, 15) is 4.79 Å². The maximum Gasteiger partial charge on any atom is 0.267 e. The topological polar surface area (TPSA) is 98.5 Å². The normalized spacial score (nSPS) is 10.7. The highest BCUT2D eigenvalue weighted by Crippen LogP contribution is 2.27. The zero-order valence-corrected chi connectivity index (χ0v) is 14.5. The minimum absolute atomic E-state index is 0.197. The number of hydrogen-bond acceptors (Lipinski definition) is 7. The van der Waals surface area contributed by atoms with Gasteiger partial charge in [0.2, 0.25) is 0 Å². The molecular weight excluding hydrogens is 350 g/mol. The molecule has 0 atom stereocenters. The number of amides is 1. The zero-order valence-electron chi connectivity index (χ0n) is 13.7. The number of aromatic nitrogens is 6. The Morgan fingerprint density at radius 3 is 2.69 bits per heavy atom. The Labute approximate surface area is 152 Å². The summed E-state index contributed by atoms with van der Waals surface area (Å²) < 4.78 is 1.54. The molecule has 9 heteroatoms. The lowest BCUT2D eigenvalue weighted by molar-refractivity contribution is 0.103. The van der Waals surface area contributed by atoms with Crippen molar-refractivity contribution < 1.29 is 4.79 Å². The van der Waals surface area contributed by atoms with Crippen LogP contribution >= 0.6 is 11.3 Å². The van der Waals surface area contributed by atoms with Crippen molar-refractivity contribution >= 4 is 22.9 Å². The van der Waals surface area contributed by atoms with Gasteiger partial charge in [0, 0.05) is 11.9 Å². The SMILES string of the molecule is Cc1nc(-c2ccccn2)sc1C(=O)Nc1ccc(-n2cnnn2)cc1. The molecule has 0 saturated heterocycles. The van der Waals surface area contributed by atoms with Gasteiger partial charge in [0.15, 0.2) is 0 Å². The lowest BCUT2D eigenvalue weighted by atomic mass is 10.2. The first-order chi connectivity index (χ1) is 12.7. The Balaban J connectivity index is 1.52. The van der Waals surface area contributed by atoms with Gasteiger partial charge in [-0.15, -0.1) is 16.4 Å². The molecule has 1 amide bonds. The Hall–Kier alpha value is -3.46. The third kappa shape index (κ3) is 3.20. The number of tetrazole rings is 1. The molecule has 0 aliphatic heterocycles. The van der Waals surface area contributed by atoms with Gasteiger partial charge in [-0.2, -0.15) is 0 Å². The standard InChI is InChI=1S/C17H13N7OS/c1-11-15(26-17(20-11)14-4-2-3-9-18-14)16(25)21-12-5-7-13(8-6-12)24-10-19-22-23-24/h2-10H,1H3,(H,21,25). The number of rotatable bonds is 4. The molecule has 0 aliphatic carbocycles. The van der Waals surface area contributed by atoms with Crippen molar-refractivity contribution in [2.75, 3.05) is 5.32 Å². The van der Waals surface area contributed by atoms with Gasteiger partial charge < -0.3 is 5.32 Å². The van der Waals surface area contributed by atoms with E-state index < -0.39 is 0 Å². The Kier molecular flexibility index (Phi) is 4.20. The molecule has 0 spiro atoms. The Morgan fingerprint density at radius 1 is 1.15 bits per heavy atom. The Morgan fingerprint density at radius 2 is 2.00 bits per heavy atom. The lowest BCUT2D eigenvalue weighted by Gasteiger charge is -2.05. The highest BCUT2D eigenvalue weighted by Gasteiger charge is 2.17. The van der Waals surface area contributed by atoms with Crippen LogP contribution in [0.4, 0.5) is 5.69 Å². The number of carbonyl (C=O) groups is 1. The second-order valence-corrected chi connectivity index (χ2v) is 6.40. The van der Waals surface area contributed by atoms with E-state index in [1.54, 1.807) is 18.3 Å². The van der Waals surface area contributed by atoms with Crippen LogP contribution in [0.15, 0.2) is 55.0 Å². The first kappa shape index (κ1) is 16.0. The lowest BCUT2D eigenvalue weighted by Crippen LogP contribution is -2.11. The van der Waals surface area contributed by atoms with Crippen LogP contribution in [0.1, 0.15) is 15.4 Å². The monoisotopic (exact) mass is 363 g/mol. The molecule has 0 unspecified atom stereocenters. The molecule has 3 aromatic heterocycles. The minimum atomic E-state index is -0.197. The number of aryl methyl sites for hydroxylation is 1. The molecule has 8 nitrogen and oxygen atoms in total. The van der Waals surface area contributed by atoms with Crippen molar-refractivity contribution in [3.8, 4) is 16.4 Å². The Bertz CT molecular complexity index is 1030. The van der Waals surface area contributed by atoms with Crippen molar-refractivity contribution in [2.45, 2.75) is 6.92 Å². The molecule has 128 valence electrons. The van der Waals surface area contributed by atoms with Crippen molar-refractivity contribution in [3.05, 3.63) is 65.6 Å². The summed E-state index contributed by atoms with van der Waals surface area (Å²) in [6.45, 7) is 1.82. The summed E-state index contributed by atoms with van der Waals surface area (Å²) in [5.74, 6) is -0.197. The summed E-state index contributed by atoms with van der Waals surface area (Å²) in [6.07, 6.45) is 3.21. The summed E-state index contributed by atoms with van der Waals surface area (Å²) in [5, 5.41) is 14.6. The number of benzene rings is 1. The summed E-state index contributed by atoms with van der Waals surface area (Å²) in [6, 6.07) is 12.9. The largest absolute Gasteiger partial charge is 0.321 e. The molecular formula is C17H13N7OS. The summed E-state index contributed by atoms with van der Waals surface area (Å²) in [5.41, 5.74) is 2.92. The second kappa shape index (κ2) is 6.81. The number of nitrogens with zero attached hydrogens (tertiary/aromatic N) is 6. The van der Waals surface area contributed by atoms with Crippen LogP contribution in [0.2, 0.25) is 0 Å². The van der Waals surface area contributed by atoms with Gasteiger partial charge in [0.1, 0.15) is 16.2 Å². The van der Waals surface area contributed by atoms with E-state index in [2.05, 4.69) is 30.8 Å². The summed E-state index contributed by atoms with van der Waals surface area (Å²) in [7, 11) is 0. The second-order valence-electron chi connectivity index (χ2n) is 5.40. The van der Waals surface area contributed by atoms with Crippen molar-refractivity contribution in [1.29, 1.82) is 0 Å². The zero-order chi connectivity index (χ0) is 17.9. The third-order valence-electron chi connectivity index (χ3n) is 3.63. The maximum atomic E-state index is 12.6. The fourth-order valence-corrected chi connectivity index (χ4v) is 3.31. The van der Waals surface area contributed by atoms with Gasteiger partial charge in [-0.3, -0.25) is 9.78 Å². The molecule has 0 aliphatic rings. The van der Waals surface area contributed by atoms with Crippen LogP contribution in [-0.4, -0.2) is 36.1 Å².